The summed E-state index contributed by atoms with van der Waals surface area (Å²) in [7, 11) is 3.13. The summed E-state index contributed by atoms with van der Waals surface area (Å²) < 4.78 is 9.99. The number of benzene rings is 1. The van der Waals surface area contributed by atoms with Crippen molar-refractivity contribution in [3.05, 3.63) is 34.9 Å². The second-order valence-electron chi connectivity index (χ2n) is 6.53. The molecule has 0 spiro atoms. The molecule has 148 valence electrons. The number of ketones is 1. The minimum absolute atomic E-state index is 0.0814. The first-order valence-electron chi connectivity index (χ1n) is 8.87. The maximum absolute atomic E-state index is 12.9. The molecule has 1 amide bonds. The van der Waals surface area contributed by atoms with Crippen LogP contribution in [-0.4, -0.2) is 49.7 Å². The highest BCUT2D eigenvalue weighted by molar-refractivity contribution is 6.31. The molecular weight excluding hydrogens is 372 g/mol. The molecule has 1 saturated carbocycles. The van der Waals surface area contributed by atoms with Crippen molar-refractivity contribution in [2.45, 2.75) is 44.2 Å². The average Bonchev–Trinajstić information content (AvgIpc) is 2.67. The van der Waals surface area contributed by atoms with Crippen molar-refractivity contribution in [1.82, 2.24) is 10.2 Å². The number of rotatable bonds is 6. The third kappa shape index (κ3) is 4.42. The van der Waals surface area contributed by atoms with E-state index in [2.05, 4.69) is 5.32 Å². The number of carbonyl (C=O) groups is 3. The summed E-state index contributed by atoms with van der Waals surface area (Å²) in [6, 6.07) is 6.49. The zero-order valence-electron chi connectivity index (χ0n) is 15.8. The Morgan fingerprint density at radius 1 is 1.30 bits per heavy atom. The Bertz CT molecular complexity index is 711. The van der Waals surface area contributed by atoms with Gasteiger partial charge in [0.15, 0.2) is 5.78 Å². The highest BCUT2D eigenvalue weighted by Gasteiger charge is 2.48. The van der Waals surface area contributed by atoms with Crippen LogP contribution in [0.3, 0.4) is 0 Å². The van der Waals surface area contributed by atoms with Gasteiger partial charge in [-0.2, -0.15) is 0 Å². The number of nitrogens with zero attached hydrogens (tertiary/aromatic N) is 1. The van der Waals surface area contributed by atoms with Gasteiger partial charge in [-0.25, -0.2) is 4.79 Å². The molecule has 0 aromatic heterocycles. The van der Waals surface area contributed by atoms with E-state index in [9.17, 15) is 14.4 Å². The van der Waals surface area contributed by atoms with Crippen LogP contribution in [0.15, 0.2) is 24.3 Å². The van der Waals surface area contributed by atoms with Gasteiger partial charge in [0.25, 0.3) is 0 Å². The first-order chi connectivity index (χ1) is 12.8. The molecule has 0 heterocycles. The first kappa shape index (κ1) is 21.2. The molecule has 1 N–H and O–H groups in total. The minimum Gasteiger partial charge on any atom is -0.427 e. The summed E-state index contributed by atoms with van der Waals surface area (Å²) in [6.45, 7) is 1.10. The Morgan fingerprint density at radius 2 is 2.00 bits per heavy atom. The smallest absolute Gasteiger partial charge is 0.413 e. The van der Waals surface area contributed by atoms with Crippen LogP contribution >= 0.6 is 11.6 Å². The fraction of sp³-hybridized carbons (Fsp3) is 0.526. The Hall–Kier alpha value is -2.12. The molecule has 1 unspecified atom stereocenters. The Kier molecular flexibility index (Phi) is 7.21. The number of carbonyl (C=O) groups excluding carboxylic acids is 3. The van der Waals surface area contributed by atoms with Gasteiger partial charge >= 0.3 is 12.1 Å². The molecule has 27 heavy (non-hydrogen) atoms. The molecule has 0 bridgehead atoms. The Balaban J connectivity index is 2.19. The Morgan fingerprint density at radius 3 is 2.63 bits per heavy atom. The average molecular weight is 397 g/mol. The predicted molar refractivity (Wildman–Crippen MR) is 100 cm³/mol. The third-order valence-electron chi connectivity index (χ3n) is 4.99. The summed E-state index contributed by atoms with van der Waals surface area (Å²) in [5.74, 6) is -0.621. The van der Waals surface area contributed by atoms with E-state index in [4.69, 9.17) is 21.1 Å². The first-order valence-corrected chi connectivity index (χ1v) is 9.25. The number of nitrogens with one attached hydrogen (secondary N) is 1. The van der Waals surface area contributed by atoms with Gasteiger partial charge in [0, 0.05) is 24.1 Å². The normalized spacial score (nSPS) is 20.7. The lowest BCUT2D eigenvalue weighted by molar-refractivity contribution is -0.155. The van der Waals surface area contributed by atoms with Crippen LogP contribution in [0, 0.1) is 0 Å². The van der Waals surface area contributed by atoms with Crippen molar-refractivity contribution in [2.75, 3.05) is 20.9 Å². The molecule has 0 saturated heterocycles. The highest BCUT2D eigenvalue weighted by atomic mass is 35.5. The summed E-state index contributed by atoms with van der Waals surface area (Å²) in [5, 5.41) is 3.15. The number of hydrogen-bond donors (Lipinski definition) is 1. The van der Waals surface area contributed by atoms with E-state index >= 15 is 0 Å². The molecule has 2 rings (SSSR count). The van der Waals surface area contributed by atoms with Gasteiger partial charge in [0.2, 0.25) is 6.79 Å². The maximum Gasteiger partial charge on any atom is 0.413 e. The van der Waals surface area contributed by atoms with Crippen molar-refractivity contribution in [3.63, 3.8) is 0 Å². The predicted octanol–water partition coefficient (Wildman–Crippen LogP) is 2.86. The molecule has 1 aliphatic rings. The van der Waals surface area contributed by atoms with E-state index in [-0.39, 0.29) is 5.78 Å². The third-order valence-corrected chi connectivity index (χ3v) is 5.32. The van der Waals surface area contributed by atoms with Gasteiger partial charge in [-0.05, 0) is 39.3 Å². The van der Waals surface area contributed by atoms with Crippen molar-refractivity contribution in [2.24, 2.45) is 0 Å². The van der Waals surface area contributed by atoms with E-state index < -0.39 is 30.4 Å². The SMILES string of the molecule is CNC(C)C(=O)OCOC(=O)N(C)[C@]1(c2ccccc2Cl)CCCCC1=O. The number of likely N-dealkylation sites (N-methyl/N-ethyl adjacent to an activating group) is 2. The van der Waals surface area contributed by atoms with Gasteiger partial charge in [-0.1, -0.05) is 29.8 Å². The number of amides is 1. The number of hydrogen-bond acceptors (Lipinski definition) is 6. The quantitative estimate of drug-likeness (QED) is 0.588. The lowest BCUT2D eigenvalue weighted by Gasteiger charge is -2.43. The van der Waals surface area contributed by atoms with Gasteiger partial charge in [-0.3, -0.25) is 14.5 Å². The van der Waals surface area contributed by atoms with Crippen molar-refractivity contribution < 1.29 is 23.9 Å². The fourth-order valence-electron chi connectivity index (χ4n) is 3.26. The molecule has 1 aliphatic carbocycles. The van der Waals surface area contributed by atoms with Crippen molar-refractivity contribution in [1.29, 1.82) is 0 Å². The van der Waals surface area contributed by atoms with Gasteiger partial charge in [-0.15, -0.1) is 0 Å². The number of ether oxygens (including phenoxy) is 2. The summed E-state index contributed by atoms with van der Waals surface area (Å²) >= 11 is 6.35. The van der Waals surface area contributed by atoms with Crippen molar-refractivity contribution in [3.8, 4) is 0 Å². The fourth-order valence-corrected chi connectivity index (χ4v) is 3.56. The largest absolute Gasteiger partial charge is 0.427 e. The van der Waals surface area contributed by atoms with Crippen LogP contribution in [0.25, 0.3) is 0 Å². The lowest BCUT2D eigenvalue weighted by atomic mass is 9.74. The van der Waals surface area contributed by atoms with Gasteiger partial charge < -0.3 is 14.8 Å². The van der Waals surface area contributed by atoms with Crippen LogP contribution < -0.4 is 5.32 Å². The van der Waals surface area contributed by atoms with E-state index in [1.165, 1.54) is 11.9 Å². The van der Waals surface area contributed by atoms with Crippen LogP contribution in [0.2, 0.25) is 5.02 Å². The second kappa shape index (κ2) is 9.19. The Labute approximate surface area is 163 Å². The van der Waals surface area contributed by atoms with E-state index in [1.807, 2.05) is 0 Å². The van der Waals surface area contributed by atoms with Crippen LogP contribution in [0.5, 0.6) is 0 Å². The van der Waals surface area contributed by atoms with Crippen LogP contribution in [-0.2, 0) is 24.6 Å². The van der Waals surface area contributed by atoms with Crippen LogP contribution in [0.4, 0.5) is 4.79 Å². The van der Waals surface area contributed by atoms with Crippen LogP contribution in [0.1, 0.15) is 38.2 Å². The number of esters is 1. The molecule has 1 fully saturated rings. The van der Waals surface area contributed by atoms with Gasteiger partial charge in [0.05, 0.1) is 0 Å². The monoisotopic (exact) mass is 396 g/mol. The molecule has 8 heteroatoms. The zero-order chi connectivity index (χ0) is 20.0. The molecule has 1 aromatic rings. The molecular formula is C19H25ClN2O5. The molecule has 0 aliphatic heterocycles. The topological polar surface area (TPSA) is 84.9 Å². The standard InChI is InChI=1S/C19H25ClN2O5/c1-13(21-2)17(24)26-12-27-18(25)22(3)19(11-7-6-10-16(19)23)14-8-4-5-9-15(14)20/h4-5,8-9,13,21H,6-7,10-12H2,1-3H3/t13?,19-/m0/s1. The van der Waals surface area contributed by atoms with E-state index in [0.29, 0.717) is 23.4 Å². The molecule has 1 aromatic carbocycles. The summed E-state index contributed by atoms with van der Waals surface area (Å²) in [4.78, 5) is 38.4. The highest BCUT2D eigenvalue weighted by Crippen LogP contribution is 2.42. The second-order valence-corrected chi connectivity index (χ2v) is 6.94. The van der Waals surface area contributed by atoms with Crippen molar-refractivity contribution >= 4 is 29.4 Å². The summed E-state index contributed by atoms with van der Waals surface area (Å²) in [6.07, 6.45) is 1.61. The molecule has 7 nitrogen and oxygen atoms in total. The molecule has 2 atom stereocenters. The van der Waals surface area contributed by atoms with Gasteiger partial charge in [0.1, 0.15) is 11.6 Å². The lowest BCUT2D eigenvalue weighted by Crippen LogP contribution is -2.54. The summed E-state index contributed by atoms with van der Waals surface area (Å²) in [5.41, 5.74) is -0.604. The minimum atomic E-state index is -1.18. The maximum atomic E-state index is 12.9. The zero-order valence-corrected chi connectivity index (χ0v) is 16.5. The van der Waals surface area contributed by atoms with E-state index in [0.717, 1.165) is 12.8 Å². The van der Waals surface area contributed by atoms with E-state index in [1.54, 1.807) is 38.2 Å². The number of Topliss-reactive ketones (excluding diaryl/α,β-unsaturated/α-hetero) is 1. The molecule has 0 radical (unpaired) electrons. The number of halogens is 1.